The molecule has 0 bridgehead atoms. The number of nitrogens with two attached hydrogens (primary N) is 1. The number of carbonyl (C=O) groups is 1. The molecule has 4 nitrogen and oxygen atoms in total. The summed E-state index contributed by atoms with van der Waals surface area (Å²) < 4.78 is 5.20. The Hall–Kier alpha value is -1.26. The molecule has 0 aliphatic heterocycles. The van der Waals surface area contributed by atoms with E-state index in [1.54, 1.807) is 25.3 Å². The first kappa shape index (κ1) is 13.8. The number of hydrogen-bond donors (Lipinski definition) is 2. The van der Waals surface area contributed by atoms with Crippen molar-refractivity contribution in [2.75, 3.05) is 13.7 Å². The van der Waals surface area contributed by atoms with Crippen molar-refractivity contribution < 1.29 is 14.6 Å². The Morgan fingerprint density at radius 3 is 2.82 bits per heavy atom. The molecule has 0 fully saturated rings. The molecule has 1 aromatic rings. The SMILES string of the molecule is COc1ccc(Cl)cc1CC(CN)CC(=O)O. The van der Waals surface area contributed by atoms with Crippen LogP contribution in [0.2, 0.25) is 5.02 Å². The molecule has 0 spiro atoms. The Kier molecular flexibility index (Phi) is 5.25. The fourth-order valence-corrected chi connectivity index (χ4v) is 1.90. The molecule has 0 saturated heterocycles. The van der Waals surface area contributed by atoms with Gasteiger partial charge in [0.05, 0.1) is 7.11 Å². The summed E-state index contributed by atoms with van der Waals surface area (Å²) in [6.07, 6.45) is 0.596. The number of aliphatic carboxylic acids is 1. The fraction of sp³-hybridized carbons (Fsp3) is 0.417. The fourth-order valence-electron chi connectivity index (χ4n) is 1.70. The summed E-state index contributed by atoms with van der Waals surface area (Å²) in [5.74, 6) is -0.250. The van der Waals surface area contributed by atoms with Gasteiger partial charge in [-0.05, 0) is 42.6 Å². The van der Waals surface area contributed by atoms with Gasteiger partial charge in [0.1, 0.15) is 5.75 Å². The smallest absolute Gasteiger partial charge is 0.303 e. The van der Waals surface area contributed by atoms with Crippen molar-refractivity contribution >= 4 is 17.6 Å². The van der Waals surface area contributed by atoms with E-state index in [1.165, 1.54) is 0 Å². The number of ether oxygens (including phenoxy) is 1. The predicted molar refractivity (Wildman–Crippen MR) is 66.5 cm³/mol. The third kappa shape index (κ3) is 4.24. The topological polar surface area (TPSA) is 72.5 Å². The highest BCUT2D eigenvalue weighted by Gasteiger charge is 2.15. The van der Waals surface area contributed by atoms with Crippen LogP contribution >= 0.6 is 11.6 Å². The van der Waals surface area contributed by atoms with Crippen LogP contribution in [0, 0.1) is 5.92 Å². The predicted octanol–water partition coefficient (Wildman–Crippen LogP) is 1.94. The number of hydrogen-bond acceptors (Lipinski definition) is 3. The number of carboxylic acid groups (broad SMARTS) is 1. The van der Waals surface area contributed by atoms with E-state index >= 15 is 0 Å². The highest BCUT2D eigenvalue weighted by molar-refractivity contribution is 6.30. The molecular formula is C12H16ClNO3. The molecule has 0 saturated carbocycles. The summed E-state index contributed by atoms with van der Waals surface area (Å²) >= 11 is 5.90. The van der Waals surface area contributed by atoms with Gasteiger partial charge in [-0.1, -0.05) is 11.6 Å². The first-order valence-electron chi connectivity index (χ1n) is 5.31. The molecule has 17 heavy (non-hydrogen) atoms. The number of halogens is 1. The second-order valence-corrected chi connectivity index (χ2v) is 4.30. The van der Waals surface area contributed by atoms with Crippen molar-refractivity contribution in [3.05, 3.63) is 28.8 Å². The van der Waals surface area contributed by atoms with Crippen LogP contribution in [-0.2, 0) is 11.2 Å². The van der Waals surface area contributed by atoms with Crippen LogP contribution in [0.5, 0.6) is 5.75 Å². The Labute approximate surface area is 105 Å². The van der Waals surface area contributed by atoms with Gasteiger partial charge in [-0.15, -0.1) is 0 Å². The maximum Gasteiger partial charge on any atom is 0.303 e. The Bertz CT molecular complexity index is 395. The average Bonchev–Trinajstić information content (AvgIpc) is 2.28. The van der Waals surface area contributed by atoms with E-state index in [0.717, 1.165) is 5.56 Å². The monoisotopic (exact) mass is 257 g/mol. The second kappa shape index (κ2) is 6.47. The number of benzene rings is 1. The zero-order chi connectivity index (χ0) is 12.8. The lowest BCUT2D eigenvalue weighted by molar-refractivity contribution is -0.138. The van der Waals surface area contributed by atoms with Gasteiger partial charge in [-0.2, -0.15) is 0 Å². The van der Waals surface area contributed by atoms with Crippen LogP contribution in [0.1, 0.15) is 12.0 Å². The molecule has 1 rings (SSSR count). The van der Waals surface area contributed by atoms with Crippen molar-refractivity contribution in [2.45, 2.75) is 12.8 Å². The number of carboxylic acids is 1. The van der Waals surface area contributed by atoms with Crippen molar-refractivity contribution in [3.8, 4) is 5.75 Å². The van der Waals surface area contributed by atoms with E-state index in [4.69, 9.17) is 27.2 Å². The third-order valence-corrected chi connectivity index (χ3v) is 2.78. The molecule has 1 unspecified atom stereocenters. The molecule has 0 aliphatic carbocycles. The van der Waals surface area contributed by atoms with E-state index in [0.29, 0.717) is 23.7 Å². The van der Waals surface area contributed by atoms with Crippen LogP contribution in [0.4, 0.5) is 0 Å². The van der Waals surface area contributed by atoms with E-state index in [9.17, 15) is 4.79 Å². The molecule has 5 heteroatoms. The van der Waals surface area contributed by atoms with Gasteiger partial charge in [-0.3, -0.25) is 4.79 Å². The normalized spacial score (nSPS) is 12.2. The highest BCUT2D eigenvalue weighted by Crippen LogP contribution is 2.25. The average molecular weight is 258 g/mol. The Morgan fingerprint density at radius 1 is 1.59 bits per heavy atom. The van der Waals surface area contributed by atoms with E-state index in [-0.39, 0.29) is 12.3 Å². The minimum Gasteiger partial charge on any atom is -0.496 e. The van der Waals surface area contributed by atoms with Gasteiger partial charge in [0, 0.05) is 11.4 Å². The maximum absolute atomic E-state index is 10.7. The molecule has 0 heterocycles. The van der Waals surface area contributed by atoms with Crippen molar-refractivity contribution in [3.63, 3.8) is 0 Å². The Morgan fingerprint density at radius 2 is 2.29 bits per heavy atom. The van der Waals surface area contributed by atoms with Crippen molar-refractivity contribution in [2.24, 2.45) is 11.7 Å². The zero-order valence-electron chi connectivity index (χ0n) is 9.65. The molecule has 1 aromatic carbocycles. The minimum absolute atomic E-state index is 0.0478. The molecule has 0 amide bonds. The molecule has 0 aliphatic rings. The molecule has 0 radical (unpaired) electrons. The van der Waals surface area contributed by atoms with Crippen LogP contribution in [0.15, 0.2) is 18.2 Å². The molecule has 94 valence electrons. The maximum atomic E-state index is 10.7. The highest BCUT2D eigenvalue weighted by atomic mass is 35.5. The number of methoxy groups -OCH3 is 1. The van der Waals surface area contributed by atoms with Gasteiger partial charge < -0.3 is 15.6 Å². The van der Waals surface area contributed by atoms with Gasteiger partial charge in [0.2, 0.25) is 0 Å². The largest absolute Gasteiger partial charge is 0.496 e. The van der Waals surface area contributed by atoms with Crippen LogP contribution in [0.3, 0.4) is 0 Å². The van der Waals surface area contributed by atoms with Crippen molar-refractivity contribution in [1.29, 1.82) is 0 Å². The standard InChI is InChI=1S/C12H16ClNO3/c1-17-11-3-2-10(13)6-9(11)4-8(7-14)5-12(15)16/h2-3,6,8H,4-5,7,14H2,1H3,(H,15,16). The van der Waals surface area contributed by atoms with Crippen LogP contribution in [-0.4, -0.2) is 24.7 Å². The summed E-state index contributed by atoms with van der Waals surface area (Å²) in [6, 6.07) is 5.29. The van der Waals surface area contributed by atoms with E-state index in [2.05, 4.69) is 0 Å². The molecule has 0 aromatic heterocycles. The van der Waals surface area contributed by atoms with E-state index in [1.807, 2.05) is 0 Å². The van der Waals surface area contributed by atoms with Crippen molar-refractivity contribution in [1.82, 2.24) is 0 Å². The van der Waals surface area contributed by atoms with E-state index < -0.39 is 5.97 Å². The minimum atomic E-state index is -0.846. The molecular weight excluding hydrogens is 242 g/mol. The first-order chi connectivity index (χ1) is 8.06. The summed E-state index contributed by atoms with van der Waals surface area (Å²) in [4.78, 5) is 10.7. The Balaban J connectivity index is 2.84. The summed E-state index contributed by atoms with van der Waals surface area (Å²) in [5, 5.41) is 9.36. The molecule has 1 atom stereocenters. The second-order valence-electron chi connectivity index (χ2n) is 3.86. The first-order valence-corrected chi connectivity index (χ1v) is 5.69. The number of rotatable bonds is 6. The van der Waals surface area contributed by atoms with Gasteiger partial charge >= 0.3 is 5.97 Å². The zero-order valence-corrected chi connectivity index (χ0v) is 10.4. The lowest BCUT2D eigenvalue weighted by atomic mass is 9.96. The summed E-state index contributed by atoms with van der Waals surface area (Å²) in [7, 11) is 1.57. The van der Waals surface area contributed by atoms with Gasteiger partial charge in [-0.25, -0.2) is 0 Å². The lowest BCUT2D eigenvalue weighted by Crippen LogP contribution is -2.20. The van der Waals surface area contributed by atoms with Crippen LogP contribution < -0.4 is 10.5 Å². The summed E-state index contributed by atoms with van der Waals surface area (Å²) in [6.45, 7) is 0.321. The van der Waals surface area contributed by atoms with Crippen LogP contribution in [0.25, 0.3) is 0 Å². The lowest BCUT2D eigenvalue weighted by Gasteiger charge is -2.15. The van der Waals surface area contributed by atoms with Gasteiger partial charge in [0.15, 0.2) is 0 Å². The quantitative estimate of drug-likeness (QED) is 0.817. The van der Waals surface area contributed by atoms with Gasteiger partial charge in [0.25, 0.3) is 0 Å². The third-order valence-electron chi connectivity index (χ3n) is 2.55. The summed E-state index contributed by atoms with van der Waals surface area (Å²) in [5.41, 5.74) is 6.45. The molecule has 3 N–H and O–H groups in total.